The van der Waals surface area contributed by atoms with Gasteiger partial charge in [0.25, 0.3) is 0 Å². The van der Waals surface area contributed by atoms with Gasteiger partial charge in [-0.15, -0.1) is 0 Å². The Kier molecular flexibility index (Phi) is 4.33. The van der Waals surface area contributed by atoms with Crippen molar-refractivity contribution < 1.29 is 14.8 Å². The maximum absolute atomic E-state index is 11.8. The summed E-state index contributed by atoms with van der Waals surface area (Å²) >= 11 is 0. The quantitative estimate of drug-likeness (QED) is 0.698. The highest BCUT2D eigenvalue weighted by Gasteiger charge is 2.10. The van der Waals surface area contributed by atoms with Gasteiger partial charge < -0.3 is 15.4 Å². The van der Waals surface area contributed by atoms with Crippen molar-refractivity contribution in [1.82, 2.24) is 0 Å². The summed E-state index contributed by atoms with van der Waals surface area (Å²) in [5.74, 6) is -0.108. The van der Waals surface area contributed by atoms with Gasteiger partial charge in [0.1, 0.15) is 0 Å². The minimum Gasteiger partial charge on any atom is -0.423 e. The van der Waals surface area contributed by atoms with Crippen molar-refractivity contribution in [2.45, 2.75) is 6.42 Å². The zero-order valence-electron chi connectivity index (χ0n) is 10.3. The third-order valence-corrected chi connectivity index (χ3v) is 2.70. The van der Waals surface area contributed by atoms with Crippen molar-refractivity contribution >= 4 is 24.2 Å². The predicted molar refractivity (Wildman–Crippen MR) is 75.0 cm³/mol. The van der Waals surface area contributed by atoms with Crippen LogP contribution < -0.4 is 10.8 Å². The van der Waals surface area contributed by atoms with Crippen molar-refractivity contribution in [3.05, 3.63) is 60.2 Å². The SMILES string of the molecule is O=C(Cc1ccccc1)Nc1ccc(B(O)O)cc1. The topological polar surface area (TPSA) is 69.6 Å². The van der Waals surface area contributed by atoms with Gasteiger partial charge in [-0.05, 0) is 23.2 Å². The van der Waals surface area contributed by atoms with Gasteiger partial charge in [-0.25, -0.2) is 0 Å². The highest BCUT2D eigenvalue weighted by molar-refractivity contribution is 6.58. The van der Waals surface area contributed by atoms with E-state index in [2.05, 4.69) is 5.32 Å². The third kappa shape index (κ3) is 3.94. The van der Waals surface area contributed by atoms with Crippen molar-refractivity contribution in [2.75, 3.05) is 5.32 Å². The lowest BCUT2D eigenvalue weighted by Gasteiger charge is -2.06. The van der Waals surface area contributed by atoms with E-state index in [1.165, 1.54) is 0 Å². The first-order valence-electron chi connectivity index (χ1n) is 5.95. The van der Waals surface area contributed by atoms with E-state index >= 15 is 0 Å². The Morgan fingerprint density at radius 1 is 1.00 bits per heavy atom. The molecule has 19 heavy (non-hydrogen) atoms. The Morgan fingerprint density at radius 2 is 1.63 bits per heavy atom. The number of hydrogen-bond donors (Lipinski definition) is 3. The van der Waals surface area contributed by atoms with E-state index in [0.717, 1.165) is 5.56 Å². The lowest BCUT2D eigenvalue weighted by Crippen LogP contribution is -2.29. The van der Waals surface area contributed by atoms with Crippen LogP contribution in [0.4, 0.5) is 5.69 Å². The lowest BCUT2D eigenvalue weighted by molar-refractivity contribution is -0.115. The Labute approximate surface area is 111 Å². The monoisotopic (exact) mass is 255 g/mol. The Bertz CT molecular complexity index is 540. The molecule has 0 spiro atoms. The number of rotatable bonds is 4. The number of hydrogen-bond acceptors (Lipinski definition) is 3. The highest BCUT2D eigenvalue weighted by atomic mass is 16.4. The summed E-state index contributed by atoms with van der Waals surface area (Å²) in [7, 11) is -1.49. The van der Waals surface area contributed by atoms with E-state index in [1.54, 1.807) is 24.3 Å². The summed E-state index contributed by atoms with van der Waals surface area (Å²) in [6.07, 6.45) is 0.311. The fourth-order valence-corrected chi connectivity index (χ4v) is 1.73. The number of benzene rings is 2. The number of nitrogens with one attached hydrogen (secondary N) is 1. The number of carbonyl (C=O) groups is 1. The van der Waals surface area contributed by atoms with Gasteiger partial charge >= 0.3 is 7.12 Å². The zero-order valence-corrected chi connectivity index (χ0v) is 10.3. The number of amides is 1. The summed E-state index contributed by atoms with van der Waals surface area (Å²) in [6.45, 7) is 0. The van der Waals surface area contributed by atoms with Crippen molar-refractivity contribution in [1.29, 1.82) is 0 Å². The average molecular weight is 255 g/mol. The second kappa shape index (κ2) is 6.18. The molecule has 4 nitrogen and oxygen atoms in total. The predicted octanol–water partition coefficient (Wildman–Crippen LogP) is 0.548. The Hall–Kier alpha value is -2.11. The molecule has 0 aliphatic heterocycles. The summed E-state index contributed by atoms with van der Waals surface area (Å²) in [4.78, 5) is 11.8. The minimum absolute atomic E-state index is 0.108. The van der Waals surface area contributed by atoms with Crippen LogP contribution in [0, 0.1) is 0 Å². The van der Waals surface area contributed by atoms with Crippen LogP contribution in [0.15, 0.2) is 54.6 Å². The van der Waals surface area contributed by atoms with Crippen molar-refractivity contribution in [3.63, 3.8) is 0 Å². The van der Waals surface area contributed by atoms with Crippen LogP contribution in [0.5, 0.6) is 0 Å². The van der Waals surface area contributed by atoms with E-state index in [1.807, 2.05) is 30.3 Å². The first-order chi connectivity index (χ1) is 9.15. The van der Waals surface area contributed by atoms with Gasteiger partial charge in [0, 0.05) is 5.69 Å². The van der Waals surface area contributed by atoms with Crippen LogP contribution in [-0.4, -0.2) is 23.1 Å². The first-order valence-corrected chi connectivity index (χ1v) is 5.95. The van der Waals surface area contributed by atoms with Crippen LogP contribution in [0.1, 0.15) is 5.56 Å². The third-order valence-electron chi connectivity index (χ3n) is 2.70. The van der Waals surface area contributed by atoms with Crippen LogP contribution in [0.3, 0.4) is 0 Å². The molecular weight excluding hydrogens is 241 g/mol. The van der Waals surface area contributed by atoms with Crippen LogP contribution in [-0.2, 0) is 11.2 Å². The molecule has 0 bridgehead atoms. The summed E-state index contributed by atoms with van der Waals surface area (Å²) in [5.41, 5.74) is 1.97. The molecule has 5 heteroatoms. The molecule has 3 N–H and O–H groups in total. The van der Waals surface area contributed by atoms with Gasteiger partial charge in [0.2, 0.25) is 5.91 Å². The Balaban J connectivity index is 1.95. The van der Waals surface area contributed by atoms with Gasteiger partial charge in [0.15, 0.2) is 0 Å². The zero-order chi connectivity index (χ0) is 13.7. The van der Waals surface area contributed by atoms with Crippen molar-refractivity contribution in [2.24, 2.45) is 0 Å². The molecule has 0 fully saturated rings. The maximum atomic E-state index is 11.8. The molecule has 0 aliphatic carbocycles. The smallest absolute Gasteiger partial charge is 0.423 e. The normalized spacial score (nSPS) is 10.0. The molecule has 1 amide bonds. The van der Waals surface area contributed by atoms with Gasteiger partial charge in [-0.3, -0.25) is 4.79 Å². The second-order valence-corrected chi connectivity index (χ2v) is 4.21. The van der Waals surface area contributed by atoms with E-state index in [0.29, 0.717) is 17.6 Å². The average Bonchev–Trinajstić information content (AvgIpc) is 2.40. The molecule has 96 valence electrons. The fourth-order valence-electron chi connectivity index (χ4n) is 1.73. The van der Waals surface area contributed by atoms with Crippen molar-refractivity contribution in [3.8, 4) is 0 Å². The standard InChI is InChI=1S/C14H14BNO3/c17-14(10-11-4-2-1-3-5-11)16-13-8-6-12(7-9-13)15(18)19/h1-9,18-19H,10H2,(H,16,17). The molecule has 0 saturated carbocycles. The highest BCUT2D eigenvalue weighted by Crippen LogP contribution is 2.06. The summed E-state index contributed by atoms with van der Waals surface area (Å²) < 4.78 is 0. The van der Waals surface area contributed by atoms with Crippen LogP contribution in [0.25, 0.3) is 0 Å². The number of carbonyl (C=O) groups excluding carboxylic acids is 1. The molecule has 2 rings (SSSR count). The summed E-state index contributed by atoms with van der Waals surface area (Å²) in [6, 6.07) is 15.9. The molecule has 0 heterocycles. The molecule has 0 aromatic heterocycles. The maximum Gasteiger partial charge on any atom is 0.488 e. The van der Waals surface area contributed by atoms with Gasteiger partial charge in [0.05, 0.1) is 6.42 Å². The largest absolute Gasteiger partial charge is 0.488 e. The molecule has 0 unspecified atom stereocenters. The van der Waals surface area contributed by atoms with Gasteiger partial charge in [-0.2, -0.15) is 0 Å². The van der Waals surface area contributed by atoms with E-state index in [9.17, 15) is 4.79 Å². The number of anilines is 1. The summed E-state index contributed by atoms with van der Waals surface area (Å²) in [5, 5.41) is 20.7. The first kappa shape index (κ1) is 13.3. The van der Waals surface area contributed by atoms with Crippen LogP contribution >= 0.6 is 0 Å². The molecule has 2 aromatic carbocycles. The molecule has 0 aliphatic rings. The molecule has 0 saturated heterocycles. The van der Waals surface area contributed by atoms with E-state index < -0.39 is 7.12 Å². The van der Waals surface area contributed by atoms with E-state index in [4.69, 9.17) is 10.0 Å². The molecule has 0 radical (unpaired) electrons. The lowest BCUT2D eigenvalue weighted by atomic mass is 9.80. The van der Waals surface area contributed by atoms with E-state index in [-0.39, 0.29) is 5.91 Å². The fraction of sp³-hybridized carbons (Fsp3) is 0.0714. The molecular formula is C14H14BNO3. The molecule has 0 atom stereocenters. The van der Waals surface area contributed by atoms with Gasteiger partial charge in [-0.1, -0.05) is 42.5 Å². The second-order valence-electron chi connectivity index (χ2n) is 4.21. The molecule has 2 aromatic rings. The Morgan fingerprint density at radius 3 is 2.21 bits per heavy atom. The minimum atomic E-state index is -1.49. The van der Waals surface area contributed by atoms with Crippen LogP contribution in [0.2, 0.25) is 0 Å².